The van der Waals surface area contributed by atoms with Crippen LogP contribution >= 0.6 is 0 Å². The van der Waals surface area contributed by atoms with E-state index in [4.69, 9.17) is 0 Å². The zero-order chi connectivity index (χ0) is 9.85. The molecule has 3 heteroatoms. The number of hydrogen-bond donors (Lipinski definition) is 1. The van der Waals surface area contributed by atoms with Crippen LogP contribution in [0.15, 0.2) is 0 Å². The van der Waals surface area contributed by atoms with Crippen LogP contribution in [0, 0.1) is 16.7 Å². The van der Waals surface area contributed by atoms with E-state index in [0.29, 0.717) is 6.42 Å². The number of aliphatic hydroxyl groups is 1. The second-order valence-electron chi connectivity index (χ2n) is 4.75. The first kappa shape index (κ1) is 8.88. The van der Waals surface area contributed by atoms with Crippen LogP contribution in [0.3, 0.4) is 0 Å². The summed E-state index contributed by atoms with van der Waals surface area (Å²) in [6.45, 7) is 3.66. The Hall–Kier alpha value is -0.700. The van der Waals surface area contributed by atoms with Crippen LogP contribution < -0.4 is 0 Å². The summed E-state index contributed by atoms with van der Waals surface area (Å²) in [5.41, 5.74) is -1.09. The van der Waals surface area contributed by atoms with Gasteiger partial charge in [-0.2, -0.15) is 0 Å². The topological polar surface area (TPSA) is 54.4 Å². The monoisotopic (exact) mass is 182 g/mol. The predicted octanol–water partition coefficient (Wildman–Crippen LogP) is 0.553. The molecule has 3 nitrogen and oxygen atoms in total. The van der Waals surface area contributed by atoms with Crippen LogP contribution in [-0.2, 0) is 9.59 Å². The molecule has 2 fully saturated rings. The summed E-state index contributed by atoms with van der Waals surface area (Å²) in [6.07, 6.45) is 1.43. The van der Waals surface area contributed by atoms with Gasteiger partial charge >= 0.3 is 0 Å². The van der Waals surface area contributed by atoms with E-state index in [1.54, 1.807) is 0 Å². The Morgan fingerprint density at radius 3 is 2.38 bits per heavy atom. The van der Waals surface area contributed by atoms with Crippen LogP contribution in [0.4, 0.5) is 0 Å². The summed E-state index contributed by atoms with van der Waals surface area (Å²) < 4.78 is 0. The number of Topliss-reactive ketones (excluding diaryl/α,β-unsaturated/α-hetero) is 2. The molecule has 13 heavy (non-hydrogen) atoms. The maximum absolute atomic E-state index is 11.6. The second-order valence-corrected chi connectivity index (χ2v) is 4.75. The molecular formula is C10H14O3. The van der Waals surface area contributed by atoms with E-state index in [0.717, 1.165) is 6.42 Å². The van der Waals surface area contributed by atoms with Crippen molar-refractivity contribution < 1.29 is 14.7 Å². The molecule has 0 aromatic carbocycles. The van der Waals surface area contributed by atoms with Crippen LogP contribution in [0.25, 0.3) is 0 Å². The van der Waals surface area contributed by atoms with E-state index in [1.807, 2.05) is 13.8 Å². The SMILES string of the molecule is CC1(C)[C@@H]2CC[C@@]1(CO)C(=O)C2=O. The number of carbonyl (C=O) groups is 2. The number of fused-ring (bicyclic) bond motifs is 2. The van der Waals surface area contributed by atoms with Gasteiger partial charge in [-0.3, -0.25) is 9.59 Å². The maximum Gasteiger partial charge on any atom is 0.207 e. The molecule has 0 radical (unpaired) electrons. The van der Waals surface area contributed by atoms with Crippen LogP contribution in [-0.4, -0.2) is 23.3 Å². The molecule has 2 aliphatic carbocycles. The lowest BCUT2D eigenvalue weighted by molar-refractivity contribution is -0.143. The fraction of sp³-hybridized carbons (Fsp3) is 0.800. The Labute approximate surface area is 77.1 Å². The average molecular weight is 182 g/mol. The summed E-state index contributed by atoms with van der Waals surface area (Å²) in [5.74, 6) is -0.742. The van der Waals surface area contributed by atoms with Crippen LogP contribution in [0.5, 0.6) is 0 Å². The Bertz CT molecular complexity index is 293. The second kappa shape index (κ2) is 2.21. The Balaban J connectivity index is 2.56. The normalized spacial score (nSPS) is 41.6. The van der Waals surface area contributed by atoms with Crippen molar-refractivity contribution in [1.29, 1.82) is 0 Å². The van der Waals surface area contributed by atoms with Crippen molar-refractivity contribution in [3.05, 3.63) is 0 Å². The van der Waals surface area contributed by atoms with Gasteiger partial charge in [0.05, 0.1) is 12.0 Å². The van der Waals surface area contributed by atoms with Gasteiger partial charge in [-0.15, -0.1) is 0 Å². The highest BCUT2D eigenvalue weighted by molar-refractivity contribution is 6.43. The van der Waals surface area contributed by atoms with Crippen molar-refractivity contribution in [1.82, 2.24) is 0 Å². The number of rotatable bonds is 1. The Kier molecular flexibility index (Phi) is 1.51. The summed E-state index contributed by atoms with van der Waals surface area (Å²) in [7, 11) is 0. The fourth-order valence-corrected chi connectivity index (χ4v) is 3.02. The first-order valence-electron chi connectivity index (χ1n) is 4.67. The number of aliphatic hydroxyl groups excluding tert-OH is 1. The minimum absolute atomic E-state index is 0.146. The highest BCUT2D eigenvalue weighted by Crippen LogP contribution is 2.61. The zero-order valence-electron chi connectivity index (χ0n) is 7.96. The molecule has 2 rings (SSSR count). The smallest absolute Gasteiger partial charge is 0.207 e. The van der Waals surface area contributed by atoms with Gasteiger partial charge in [-0.1, -0.05) is 13.8 Å². The lowest BCUT2D eigenvalue weighted by Gasteiger charge is -2.33. The van der Waals surface area contributed by atoms with Gasteiger partial charge < -0.3 is 5.11 Å². The predicted molar refractivity (Wildman–Crippen MR) is 46.0 cm³/mol. The van der Waals surface area contributed by atoms with Gasteiger partial charge in [0.15, 0.2) is 0 Å². The average Bonchev–Trinajstić information content (AvgIpc) is 2.41. The number of hydrogen-bond acceptors (Lipinski definition) is 3. The first-order chi connectivity index (χ1) is 5.97. The van der Waals surface area contributed by atoms with Crippen LogP contribution in [0.1, 0.15) is 26.7 Å². The molecule has 0 saturated heterocycles. The zero-order valence-corrected chi connectivity index (χ0v) is 7.96. The highest BCUT2D eigenvalue weighted by atomic mass is 16.3. The molecule has 0 aliphatic heterocycles. The largest absolute Gasteiger partial charge is 0.395 e. The summed E-state index contributed by atoms with van der Waals surface area (Å²) >= 11 is 0. The summed E-state index contributed by atoms with van der Waals surface area (Å²) in [6, 6.07) is 0. The van der Waals surface area contributed by atoms with Crippen LogP contribution in [0.2, 0.25) is 0 Å². The van der Waals surface area contributed by atoms with Gasteiger partial charge in [-0.25, -0.2) is 0 Å². The molecule has 72 valence electrons. The van der Waals surface area contributed by atoms with Crippen molar-refractivity contribution >= 4 is 11.6 Å². The molecule has 0 heterocycles. The van der Waals surface area contributed by atoms with E-state index < -0.39 is 5.41 Å². The molecule has 0 unspecified atom stereocenters. The molecule has 0 spiro atoms. The van der Waals surface area contributed by atoms with E-state index in [-0.39, 0.29) is 29.5 Å². The lowest BCUT2D eigenvalue weighted by Crippen LogP contribution is -2.40. The van der Waals surface area contributed by atoms with Gasteiger partial charge in [-0.05, 0) is 18.3 Å². The molecular weight excluding hydrogens is 168 g/mol. The minimum Gasteiger partial charge on any atom is -0.395 e. The van der Waals surface area contributed by atoms with Gasteiger partial charge in [0.25, 0.3) is 0 Å². The van der Waals surface area contributed by atoms with Gasteiger partial charge in [0.1, 0.15) is 0 Å². The number of carbonyl (C=O) groups excluding carboxylic acids is 2. The van der Waals surface area contributed by atoms with Crippen molar-refractivity contribution in [2.24, 2.45) is 16.7 Å². The van der Waals surface area contributed by atoms with E-state index >= 15 is 0 Å². The van der Waals surface area contributed by atoms with E-state index in [1.165, 1.54) is 0 Å². The summed E-state index contributed by atoms with van der Waals surface area (Å²) in [4.78, 5) is 23.1. The maximum atomic E-state index is 11.6. The molecule has 1 N–H and O–H groups in total. The molecule has 0 aromatic heterocycles. The molecule has 0 amide bonds. The third-order valence-corrected chi connectivity index (χ3v) is 4.21. The lowest BCUT2D eigenvalue weighted by atomic mass is 9.69. The third kappa shape index (κ3) is 0.702. The molecule has 2 atom stereocenters. The van der Waals surface area contributed by atoms with Crippen molar-refractivity contribution in [2.45, 2.75) is 26.7 Å². The highest BCUT2D eigenvalue weighted by Gasteiger charge is 2.68. The molecule has 0 aromatic rings. The minimum atomic E-state index is -0.755. The van der Waals surface area contributed by atoms with E-state index in [9.17, 15) is 14.7 Å². The fourth-order valence-electron chi connectivity index (χ4n) is 3.02. The third-order valence-electron chi connectivity index (χ3n) is 4.21. The Morgan fingerprint density at radius 1 is 1.46 bits per heavy atom. The van der Waals surface area contributed by atoms with Gasteiger partial charge in [0.2, 0.25) is 11.6 Å². The summed E-state index contributed by atoms with van der Waals surface area (Å²) in [5, 5.41) is 9.29. The quantitative estimate of drug-likeness (QED) is 0.602. The van der Waals surface area contributed by atoms with Gasteiger partial charge in [0, 0.05) is 5.92 Å². The first-order valence-corrected chi connectivity index (χ1v) is 4.67. The standard InChI is InChI=1S/C10H14O3/c1-9(2)6-3-4-10(9,5-11)8(13)7(6)12/h6,11H,3-5H2,1-2H3/t6-,10-/m1/s1. The molecule has 2 saturated carbocycles. The van der Waals surface area contributed by atoms with Crippen molar-refractivity contribution in [3.8, 4) is 0 Å². The van der Waals surface area contributed by atoms with E-state index in [2.05, 4.69) is 0 Å². The van der Waals surface area contributed by atoms with Crippen molar-refractivity contribution in [3.63, 3.8) is 0 Å². The molecule has 2 aliphatic rings. The van der Waals surface area contributed by atoms with Crippen molar-refractivity contribution in [2.75, 3.05) is 6.61 Å². The molecule has 2 bridgehead atoms. The Morgan fingerprint density at radius 2 is 2.08 bits per heavy atom. The number of ketones is 2.